The van der Waals surface area contributed by atoms with Crippen molar-refractivity contribution < 1.29 is 27.9 Å². The van der Waals surface area contributed by atoms with Crippen LogP contribution < -0.4 is 5.32 Å². The Morgan fingerprint density at radius 2 is 2.00 bits per heavy atom. The predicted molar refractivity (Wildman–Crippen MR) is 95.1 cm³/mol. The minimum absolute atomic E-state index is 0.102. The summed E-state index contributed by atoms with van der Waals surface area (Å²) in [5.74, 6) is -1.02. The third-order valence-corrected chi connectivity index (χ3v) is 3.56. The summed E-state index contributed by atoms with van der Waals surface area (Å²) < 4.78 is 36.6. The smallest absolute Gasteiger partial charge is 0.417 e. The molecule has 6 nitrogen and oxygen atoms in total. The number of benzene rings is 1. The van der Waals surface area contributed by atoms with Gasteiger partial charge in [0.15, 0.2) is 6.29 Å². The van der Waals surface area contributed by atoms with E-state index in [2.05, 4.69) is 10.3 Å². The molecule has 0 atom stereocenters. The van der Waals surface area contributed by atoms with Crippen LogP contribution in [-0.2, 0) is 6.18 Å². The molecule has 1 heterocycles. The minimum Gasteiger partial charge on any atom is -0.478 e. The Bertz CT molecular complexity index is 870. The number of carboxylic acid groups (broad SMARTS) is 1. The highest BCUT2D eigenvalue weighted by Gasteiger charge is 2.33. The molecule has 3 N–H and O–H groups in total. The maximum absolute atomic E-state index is 12.2. The molecule has 0 amide bonds. The van der Waals surface area contributed by atoms with E-state index in [4.69, 9.17) is 22.1 Å². The SMILES string of the molecule is CNc1cc(C(=O)O)cnc1C(C)=N.O=Cc1c(Cl)cccc1C(F)(F)F. The summed E-state index contributed by atoms with van der Waals surface area (Å²) in [6.45, 7) is 1.60. The lowest BCUT2D eigenvalue weighted by atomic mass is 10.1. The van der Waals surface area contributed by atoms with Crippen molar-refractivity contribution in [2.75, 3.05) is 12.4 Å². The molecule has 144 valence electrons. The van der Waals surface area contributed by atoms with Gasteiger partial charge in [-0.2, -0.15) is 13.2 Å². The minimum atomic E-state index is -4.54. The van der Waals surface area contributed by atoms with Gasteiger partial charge in [0.05, 0.1) is 27.5 Å². The van der Waals surface area contributed by atoms with E-state index in [1.807, 2.05) is 0 Å². The van der Waals surface area contributed by atoms with Gasteiger partial charge in [-0.25, -0.2) is 4.79 Å². The normalized spacial score (nSPS) is 10.4. The van der Waals surface area contributed by atoms with Crippen LogP contribution in [-0.4, -0.2) is 35.1 Å². The van der Waals surface area contributed by atoms with Crippen molar-refractivity contribution in [3.05, 3.63) is 57.9 Å². The van der Waals surface area contributed by atoms with Gasteiger partial charge in [0.1, 0.15) is 5.69 Å². The van der Waals surface area contributed by atoms with Crippen molar-refractivity contribution in [1.29, 1.82) is 5.41 Å². The van der Waals surface area contributed by atoms with Crippen LogP contribution in [0.15, 0.2) is 30.5 Å². The van der Waals surface area contributed by atoms with Crippen molar-refractivity contribution >= 4 is 35.3 Å². The number of pyridine rings is 1. The molecule has 0 saturated carbocycles. The molecule has 2 aromatic rings. The van der Waals surface area contributed by atoms with Gasteiger partial charge in [0, 0.05) is 18.8 Å². The van der Waals surface area contributed by atoms with E-state index in [1.54, 1.807) is 14.0 Å². The average molecular weight is 402 g/mol. The first-order valence-corrected chi connectivity index (χ1v) is 7.68. The second-order valence-corrected chi connectivity index (χ2v) is 5.52. The monoisotopic (exact) mass is 401 g/mol. The standard InChI is InChI=1S/C9H11N3O2.C8H4ClF3O/c1-5(10)8-7(11-2)3-6(4-12-8)9(13)14;9-7-3-1-2-6(5(7)4-13)8(10,11)12/h3-4,10-11H,1-2H3,(H,13,14);1-4H. The molecule has 27 heavy (non-hydrogen) atoms. The summed E-state index contributed by atoms with van der Waals surface area (Å²) in [6.07, 6.45) is -3.19. The second-order valence-electron chi connectivity index (χ2n) is 5.12. The number of alkyl halides is 3. The summed E-state index contributed by atoms with van der Waals surface area (Å²) >= 11 is 5.40. The fourth-order valence-electron chi connectivity index (χ4n) is 1.98. The number of aromatic nitrogens is 1. The van der Waals surface area contributed by atoms with E-state index < -0.39 is 23.3 Å². The molecule has 10 heteroatoms. The van der Waals surface area contributed by atoms with Gasteiger partial charge < -0.3 is 15.8 Å². The van der Waals surface area contributed by atoms with Crippen LogP contribution in [0.2, 0.25) is 5.02 Å². The zero-order valence-corrected chi connectivity index (χ0v) is 14.9. The van der Waals surface area contributed by atoms with Gasteiger partial charge in [-0.05, 0) is 25.1 Å². The summed E-state index contributed by atoms with van der Waals surface area (Å²) in [6, 6.07) is 4.66. The molecule has 0 aliphatic carbocycles. The number of carboxylic acids is 1. The lowest BCUT2D eigenvalue weighted by molar-refractivity contribution is -0.137. The first-order chi connectivity index (χ1) is 12.5. The number of rotatable bonds is 4. The van der Waals surface area contributed by atoms with E-state index in [-0.39, 0.29) is 16.9 Å². The Morgan fingerprint density at radius 3 is 2.41 bits per heavy atom. The number of nitrogens with zero attached hydrogens (tertiary/aromatic N) is 1. The molecule has 1 aromatic carbocycles. The van der Waals surface area contributed by atoms with E-state index in [0.717, 1.165) is 12.1 Å². The summed E-state index contributed by atoms with van der Waals surface area (Å²) in [4.78, 5) is 24.8. The molecular formula is C17H15ClF3N3O3. The molecule has 0 bridgehead atoms. The average Bonchev–Trinajstić information content (AvgIpc) is 2.60. The Hall–Kier alpha value is -2.94. The van der Waals surface area contributed by atoms with Gasteiger partial charge in [0.2, 0.25) is 0 Å². The van der Waals surface area contributed by atoms with Crippen LogP contribution in [0, 0.1) is 5.41 Å². The Labute approximate surface area is 157 Å². The summed E-state index contributed by atoms with van der Waals surface area (Å²) in [5.41, 5.74) is -0.0906. The number of halogens is 4. The van der Waals surface area contributed by atoms with Crippen molar-refractivity contribution in [3.63, 3.8) is 0 Å². The van der Waals surface area contributed by atoms with Gasteiger partial charge >= 0.3 is 12.1 Å². The zero-order chi connectivity index (χ0) is 20.8. The molecule has 0 aliphatic heterocycles. The second kappa shape index (κ2) is 9.13. The van der Waals surface area contributed by atoms with Gasteiger partial charge in [-0.3, -0.25) is 9.78 Å². The van der Waals surface area contributed by atoms with Gasteiger partial charge in [0.25, 0.3) is 0 Å². The van der Waals surface area contributed by atoms with E-state index >= 15 is 0 Å². The highest BCUT2D eigenvalue weighted by atomic mass is 35.5. The van der Waals surface area contributed by atoms with E-state index in [0.29, 0.717) is 17.1 Å². The van der Waals surface area contributed by atoms with Crippen LogP contribution in [0.4, 0.5) is 18.9 Å². The number of aromatic carboxylic acids is 1. The Kier molecular flexibility index (Phi) is 7.47. The summed E-state index contributed by atoms with van der Waals surface area (Å²) in [7, 11) is 1.66. The fraction of sp³-hybridized carbons (Fsp3) is 0.176. The molecule has 0 aliphatic rings. The number of carbonyl (C=O) groups is 2. The topological polar surface area (TPSA) is 103 Å². The quantitative estimate of drug-likeness (QED) is 0.521. The van der Waals surface area contributed by atoms with Gasteiger partial charge in [-0.1, -0.05) is 17.7 Å². The molecule has 0 spiro atoms. The number of hydrogen-bond donors (Lipinski definition) is 3. The first kappa shape index (κ1) is 22.1. The van der Waals surface area contributed by atoms with E-state index in [9.17, 15) is 22.8 Å². The van der Waals surface area contributed by atoms with Gasteiger partial charge in [-0.15, -0.1) is 0 Å². The maximum atomic E-state index is 12.2. The number of hydrogen-bond acceptors (Lipinski definition) is 5. The Morgan fingerprint density at radius 1 is 1.37 bits per heavy atom. The van der Waals surface area contributed by atoms with Crippen molar-refractivity contribution in [3.8, 4) is 0 Å². The molecule has 0 saturated heterocycles. The number of carbonyl (C=O) groups excluding carboxylic acids is 1. The molecule has 0 unspecified atom stereocenters. The van der Waals surface area contributed by atoms with Crippen LogP contribution in [0.5, 0.6) is 0 Å². The molecule has 0 fully saturated rings. The molecular weight excluding hydrogens is 387 g/mol. The number of aldehydes is 1. The zero-order valence-electron chi connectivity index (χ0n) is 14.2. The highest BCUT2D eigenvalue weighted by molar-refractivity contribution is 6.33. The van der Waals surface area contributed by atoms with Crippen LogP contribution in [0.3, 0.4) is 0 Å². The lowest BCUT2D eigenvalue weighted by Crippen LogP contribution is -2.08. The predicted octanol–water partition coefficient (Wildman–Crippen LogP) is 4.38. The number of nitrogens with one attached hydrogen (secondary N) is 2. The molecule has 2 rings (SSSR count). The van der Waals surface area contributed by atoms with Crippen LogP contribution in [0.25, 0.3) is 0 Å². The number of anilines is 1. The first-order valence-electron chi connectivity index (χ1n) is 7.30. The van der Waals surface area contributed by atoms with Crippen LogP contribution >= 0.6 is 11.6 Å². The van der Waals surface area contributed by atoms with Crippen molar-refractivity contribution in [2.24, 2.45) is 0 Å². The van der Waals surface area contributed by atoms with Crippen molar-refractivity contribution in [2.45, 2.75) is 13.1 Å². The molecule has 1 aromatic heterocycles. The lowest BCUT2D eigenvalue weighted by Gasteiger charge is -2.09. The highest BCUT2D eigenvalue weighted by Crippen LogP contribution is 2.33. The van der Waals surface area contributed by atoms with E-state index in [1.165, 1.54) is 18.3 Å². The maximum Gasteiger partial charge on any atom is 0.417 e. The Balaban J connectivity index is 0.000000271. The fourth-order valence-corrected chi connectivity index (χ4v) is 2.19. The third kappa shape index (κ3) is 5.78. The van der Waals surface area contributed by atoms with Crippen molar-refractivity contribution in [1.82, 2.24) is 4.98 Å². The molecule has 0 radical (unpaired) electrons. The largest absolute Gasteiger partial charge is 0.478 e. The summed E-state index contributed by atoms with van der Waals surface area (Å²) in [5, 5.41) is 18.7. The van der Waals surface area contributed by atoms with Crippen LogP contribution in [0.1, 0.15) is 38.9 Å². The third-order valence-electron chi connectivity index (χ3n) is 3.24.